The van der Waals surface area contributed by atoms with Gasteiger partial charge in [0.15, 0.2) is 0 Å². The van der Waals surface area contributed by atoms with Crippen molar-refractivity contribution in [1.29, 1.82) is 0 Å². The number of amides is 1. The van der Waals surface area contributed by atoms with E-state index in [0.717, 1.165) is 5.56 Å². The van der Waals surface area contributed by atoms with Gasteiger partial charge in [-0.3, -0.25) is 4.79 Å². The van der Waals surface area contributed by atoms with E-state index in [1.54, 1.807) is 29.7 Å². The van der Waals surface area contributed by atoms with Crippen LogP contribution in [-0.2, 0) is 25.8 Å². The van der Waals surface area contributed by atoms with Crippen LogP contribution < -0.4 is 5.48 Å². The van der Waals surface area contributed by atoms with Gasteiger partial charge >= 0.3 is 18.0 Å². The smallest absolute Gasteiger partial charge is 0.441 e. The monoisotopic (exact) mass is 267 g/mol. The fraction of sp³-hybridized carbons (Fsp3) is 0.250. The van der Waals surface area contributed by atoms with Crippen molar-refractivity contribution < 1.29 is 29.1 Å². The number of hydrogen-bond donors (Lipinski definition) is 2. The van der Waals surface area contributed by atoms with Crippen molar-refractivity contribution >= 4 is 18.0 Å². The molecule has 102 valence electrons. The number of carboxylic acid groups (broad SMARTS) is 1. The van der Waals surface area contributed by atoms with E-state index in [1.807, 2.05) is 6.07 Å². The summed E-state index contributed by atoms with van der Waals surface area (Å²) < 4.78 is 4.76. The van der Waals surface area contributed by atoms with Crippen molar-refractivity contribution in [1.82, 2.24) is 5.48 Å². The summed E-state index contributed by atoms with van der Waals surface area (Å²) in [5.41, 5.74) is 2.56. The molecular formula is C12H13NO6. The number of hydroxylamine groups is 1. The predicted molar refractivity (Wildman–Crippen MR) is 62.7 cm³/mol. The van der Waals surface area contributed by atoms with Gasteiger partial charge in [0.25, 0.3) is 0 Å². The minimum Gasteiger partial charge on any atom is -0.481 e. The summed E-state index contributed by atoms with van der Waals surface area (Å²) in [6.45, 7) is 0.0410. The number of carboxylic acids is 1. The molecule has 0 aliphatic heterocycles. The molecule has 0 fully saturated rings. The molecule has 7 nitrogen and oxygen atoms in total. The van der Waals surface area contributed by atoms with E-state index in [4.69, 9.17) is 9.84 Å². The van der Waals surface area contributed by atoms with E-state index in [-0.39, 0.29) is 19.4 Å². The standard InChI is InChI=1S/C12H13NO6/c14-10(15)6-7-11(16)19-13-12(17)18-8-9-4-2-1-3-5-9/h1-5H,6-8H2,(H,13,17)(H,14,15). The first-order valence-electron chi connectivity index (χ1n) is 5.46. The zero-order valence-electron chi connectivity index (χ0n) is 10.00. The summed E-state index contributed by atoms with van der Waals surface area (Å²) in [7, 11) is 0. The Bertz CT molecular complexity index is 445. The molecule has 2 N–H and O–H groups in total. The molecule has 0 atom stereocenters. The quantitative estimate of drug-likeness (QED) is 0.778. The topological polar surface area (TPSA) is 102 Å². The Morgan fingerprint density at radius 2 is 1.79 bits per heavy atom. The highest BCUT2D eigenvalue weighted by atomic mass is 16.7. The minimum atomic E-state index is -1.12. The number of carbonyl (C=O) groups excluding carboxylic acids is 2. The Labute approximate surface area is 109 Å². The molecule has 0 heterocycles. The van der Waals surface area contributed by atoms with Gasteiger partial charge in [-0.15, -0.1) is 5.48 Å². The first-order valence-corrected chi connectivity index (χ1v) is 5.46. The number of nitrogens with one attached hydrogen (secondary N) is 1. The number of benzene rings is 1. The second-order valence-corrected chi connectivity index (χ2v) is 3.53. The molecule has 0 spiro atoms. The lowest BCUT2D eigenvalue weighted by Crippen LogP contribution is -2.27. The number of carbonyl (C=O) groups is 3. The summed E-state index contributed by atoms with van der Waals surface area (Å²) in [4.78, 5) is 36.6. The lowest BCUT2D eigenvalue weighted by Gasteiger charge is -2.06. The predicted octanol–water partition coefficient (Wildman–Crippen LogP) is 1.24. The van der Waals surface area contributed by atoms with Crippen LogP contribution in [0.15, 0.2) is 30.3 Å². The SMILES string of the molecule is O=C(O)CCC(=O)ONC(=O)OCc1ccccc1. The molecule has 1 rings (SSSR count). The minimum absolute atomic E-state index is 0.0410. The summed E-state index contributed by atoms with van der Waals surface area (Å²) >= 11 is 0. The van der Waals surface area contributed by atoms with E-state index in [0.29, 0.717) is 0 Å². The van der Waals surface area contributed by atoms with Crippen LogP contribution in [0.4, 0.5) is 4.79 Å². The molecule has 0 aromatic heterocycles. The van der Waals surface area contributed by atoms with Gasteiger partial charge in [0.1, 0.15) is 6.61 Å². The van der Waals surface area contributed by atoms with Gasteiger partial charge in [-0.1, -0.05) is 30.3 Å². The van der Waals surface area contributed by atoms with Crippen LogP contribution in [0.5, 0.6) is 0 Å². The van der Waals surface area contributed by atoms with Gasteiger partial charge in [-0.2, -0.15) is 0 Å². The van der Waals surface area contributed by atoms with E-state index in [1.165, 1.54) is 0 Å². The van der Waals surface area contributed by atoms with E-state index in [2.05, 4.69) is 4.84 Å². The molecule has 0 bridgehead atoms. The Kier molecular flexibility index (Phi) is 5.87. The van der Waals surface area contributed by atoms with Crippen LogP contribution in [0.2, 0.25) is 0 Å². The lowest BCUT2D eigenvalue weighted by atomic mass is 10.2. The molecule has 1 aromatic carbocycles. The van der Waals surface area contributed by atoms with E-state index in [9.17, 15) is 14.4 Å². The third-order valence-electron chi connectivity index (χ3n) is 2.00. The van der Waals surface area contributed by atoms with Crippen LogP contribution in [0, 0.1) is 0 Å². The van der Waals surface area contributed by atoms with Crippen LogP contribution in [0.1, 0.15) is 18.4 Å². The average molecular weight is 267 g/mol. The highest BCUT2D eigenvalue weighted by Crippen LogP contribution is 2.00. The fourth-order valence-electron chi connectivity index (χ4n) is 1.11. The molecule has 0 aliphatic rings. The van der Waals surface area contributed by atoms with Gasteiger partial charge in [0.2, 0.25) is 0 Å². The van der Waals surface area contributed by atoms with E-state index >= 15 is 0 Å². The second kappa shape index (κ2) is 7.70. The maximum Gasteiger partial charge on any atom is 0.441 e. The van der Waals surface area contributed by atoms with Crippen molar-refractivity contribution in [2.24, 2.45) is 0 Å². The summed E-state index contributed by atoms with van der Waals surface area (Å²) in [5, 5.41) is 8.33. The molecule has 0 unspecified atom stereocenters. The van der Waals surface area contributed by atoms with Gasteiger partial charge in [-0.05, 0) is 5.56 Å². The van der Waals surface area contributed by atoms with Gasteiger partial charge in [-0.25, -0.2) is 9.59 Å². The first kappa shape index (κ1) is 14.5. The molecule has 1 aromatic rings. The molecular weight excluding hydrogens is 254 g/mol. The Hall–Kier alpha value is -2.57. The molecule has 0 aliphatic carbocycles. The average Bonchev–Trinajstić information content (AvgIpc) is 2.41. The molecule has 19 heavy (non-hydrogen) atoms. The Morgan fingerprint density at radius 3 is 2.42 bits per heavy atom. The third kappa shape index (κ3) is 6.67. The van der Waals surface area contributed by atoms with Crippen LogP contribution in [-0.4, -0.2) is 23.1 Å². The van der Waals surface area contributed by atoms with Crippen molar-refractivity contribution in [2.75, 3.05) is 0 Å². The Balaban J connectivity index is 2.17. The maximum atomic E-state index is 11.1. The Morgan fingerprint density at radius 1 is 1.11 bits per heavy atom. The normalized spacial score (nSPS) is 9.47. The lowest BCUT2D eigenvalue weighted by molar-refractivity contribution is -0.152. The molecule has 1 amide bonds. The van der Waals surface area contributed by atoms with Crippen LogP contribution in [0.3, 0.4) is 0 Å². The largest absolute Gasteiger partial charge is 0.481 e. The number of rotatable bonds is 5. The van der Waals surface area contributed by atoms with Gasteiger partial charge in [0.05, 0.1) is 12.8 Å². The summed E-state index contributed by atoms with van der Waals surface area (Å²) in [6.07, 6.45) is -1.61. The molecule has 7 heteroatoms. The zero-order chi connectivity index (χ0) is 14.1. The van der Waals surface area contributed by atoms with Crippen LogP contribution in [0.25, 0.3) is 0 Å². The summed E-state index contributed by atoms with van der Waals surface area (Å²) in [5.74, 6) is -1.97. The highest BCUT2D eigenvalue weighted by Gasteiger charge is 2.09. The van der Waals surface area contributed by atoms with Gasteiger partial charge in [0, 0.05) is 0 Å². The number of ether oxygens (including phenoxy) is 1. The zero-order valence-corrected chi connectivity index (χ0v) is 10.00. The van der Waals surface area contributed by atoms with Crippen molar-refractivity contribution in [3.8, 4) is 0 Å². The van der Waals surface area contributed by atoms with Crippen LogP contribution >= 0.6 is 0 Å². The van der Waals surface area contributed by atoms with Gasteiger partial charge < -0.3 is 14.7 Å². The maximum absolute atomic E-state index is 11.1. The molecule has 0 saturated carbocycles. The molecule has 0 saturated heterocycles. The number of hydrogen-bond acceptors (Lipinski definition) is 5. The third-order valence-corrected chi connectivity index (χ3v) is 2.00. The first-order chi connectivity index (χ1) is 9.08. The fourth-order valence-corrected chi connectivity index (χ4v) is 1.11. The second-order valence-electron chi connectivity index (χ2n) is 3.53. The van der Waals surface area contributed by atoms with E-state index < -0.39 is 18.0 Å². The van der Waals surface area contributed by atoms with Crippen molar-refractivity contribution in [3.63, 3.8) is 0 Å². The molecule has 0 radical (unpaired) electrons. The van der Waals surface area contributed by atoms with Crippen molar-refractivity contribution in [3.05, 3.63) is 35.9 Å². The van der Waals surface area contributed by atoms with Crippen molar-refractivity contribution in [2.45, 2.75) is 19.4 Å². The summed E-state index contributed by atoms with van der Waals surface area (Å²) in [6, 6.07) is 8.96. The number of aliphatic carboxylic acids is 1. The highest BCUT2D eigenvalue weighted by molar-refractivity contribution is 5.77.